The smallest absolute Gasteiger partial charge is 0.326 e. The molecule has 8 nitrogen and oxygen atoms in total. The number of nitrogens with zero attached hydrogens (tertiary/aromatic N) is 1. The summed E-state index contributed by atoms with van der Waals surface area (Å²) >= 11 is 0. The van der Waals surface area contributed by atoms with E-state index in [-0.39, 0.29) is 0 Å². The number of benzene rings is 1. The number of aryl methyl sites for hydroxylation is 1. The molecule has 0 unspecified atom stereocenters. The van der Waals surface area contributed by atoms with Crippen LogP contribution in [-0.2, 0) is 9.59 Å². The summed E-state index contributed by atoms with van der Waals surface area (Å²) in [6, 6.07) is 4.14. The van der Waals surface area contributed by atoms with E-state index in [1.165, 1.54) is 6.07 Å². The van der Waals surface area contributed by atoms with E-state index in [1.54, 1.807) is 19.1 Å². The minimum absolute atomic E-state index is 0.330. The maximum absolute atomic E-state index is 11.7. The second kappa shape index (κ2) is 6.91. The van der Waals surface area contributed by atoms with Crippen LogP contribution < -0.4 is 10.6 Å². The first-order valence-corrected chi connectivity index (χ1v) is 5.86. The van der Waals surface area contributed by atoms with E-state index in [0.717, 1.165) is 0 Å². The molecular formula is C13H13N3O5. The van der Waals surface area contributed by atoms with Gasteiger partial charge in [-0.3, -0.25) is 4.79 Å². The Bertz CT molecular complexity index is 621. The summed E-state index contributed by atoms with van der Waals surface area (Å²) in [4.78, 5) is 33.1. The van der Waals surface area contributed by atoms with E-state index < -0.39 is 30.4 Å². The Labute approximate surface area is 120 Å². The van der Waals surface area contributed by atoms with Crippen LogP contribution in [0.1, 0.15) is 17.5 Å². The van der Waals surface area contributed by atoms with Gasteiger partial charge in [0.1, 0.15) is 6.04 Å². The Hall–Kier alpha value is -3.08. The van der Waals surface area contributed by atoms with Gasteiger partial charge in [-0.15, -0.1) is 0 Å². The largest absolute Gasteiger partial charge is 0.481 e. The molecule has 8 heteroatoms. The minimum atomic E-state index is -1.54. The van der Waals surface area contributed by atoms with Crippen molar-refractivity contribution in [1.82, 2.24) is 5.32 Å². The zero-order chi connectivity index (χ0) is 16.0. The number of amides is 2. The average molecular weight is 291 g/mol. The van der Waals surface area contributed by atoms with Crippen LogP contribution in [0.25, 0.3) is 0 Å². The molecule has 0 heterocycles. The molecule has 110 valence electrons. The number of urea groups is 1. The fraction of sp³-hybridized carbons (Fsp3) is 0.231. The molecule has 4 N–H and O–H groups in total. The molecule has 1 rings (SSSR count). The lowest BCUT2D eigenvalue weighted by Gasteiger charge is -2.14. The lowest BCUT2D eigenvalue weighted by molar-refractivity contribution is -0.145. The van der Waals surface area contributed by atoms with Crippen LogP contribution in [0.5, 0.6) is 0 Å². The van der Waals surface area contributed by atoms with Gasteiger partial charge in [-0.1, -0.05) is 6.07 Å². The van der Waals surface area contributed by atoms with Crippen molar-refractivity contribution >= 4 is 23.7 Å². The van der Waals surface area contributed by atoms with Gasteiger partial charge in [0.05, 0.1) is 18.1 Å². The summed E-state index contributed by atoms with van der Waals surface area (Å²) in [6.07, 6.45) is -0.736. The van der Waals surface area contributed by atoms with E-state index >= 15 is 0 Å². The van der Waals surface area contributed by atoms with Gasteiger partial charge in [0.2, 0.25) is 0 Å². The number of carboxylic acid groups (broad SMARTS) is 2. The Morgan fingerprint density at radius 1 is 1.33 bits per heavy atom. The van der Waals surface area contributed by atoms with Crippen molar-refractivity contribution in [3.8, 4) is 6.07 Å². The predicted molar refractivity (Wildman–Crippen MR) is 71.7 cm³/mol. The van der Waals surface area contributed by atoms with Crippen LogP contribution in [0.3, 0.4) is 0 Å². The molecule has 1 atom stereocenters. The van der Waals surface area contributed by atoms with Crippen LogP contribution in [-0.4, -0.2) is 34.2 Å². The molecule has 0 bridgehead atoms. The maximum atomic E-state index is 11.7. The van der Waals surface area contributed by atoms with Crippen molar-refractivity contribution in [2.75, 3.05) is 5.32 Å². The van der Waals surface area contributed by atoms with Gasteiger partial charge >= 0.3 is 18.0 Å². The molecule has 0 saturated heterocycles. The summed E-state index contributed by atoms with van der Waals surface area (Å²) in [5.41, 5.74) is 1.34. The van der Waals surface area contributed by atoms with E-state index in [2.05, 4.69) is 5.32 Å². The molecule has 0 spiro atoms. The van der Waals surface area contributed by atoms with Crippen molar-refractivity contribution in [2.24, 2.45) is 0 Å². The molecule has 2 amide bonds. The predicted octanol–water partition coefficient (Wildman–Crippen LogP) is 0.916. The number of nitrogens with one attached hydrogen (secondary N) is 2. The topological polar surface area (TPSA) is 140 Å². The van der Waals surface area contributed by atoms with Crippen LogP contribution in [0.2, 0.25) is 0 Å². The minimum Gasteiger partial charge on any atom is -0.481 e. The molecule has 0 saturated carbocycles. The lowest BCUT2D eigenvalue weighted by Crippen LogP contribution is -2.44. The van der Waals surface area contributed by atoms with Gasteiger partial charge in [0.25, 0.3) is 0 Å². The molecule has 0 fully saturated rings. The van der Waals surface area contributed by atoms with Crippen LogP contribution in [0, 0.1) is 18.3 Å². The first-order valence-electron chi connectivity index (χ1n) is 5.86. The number of nitriles is 1. The Morgan fingerprint density at radius 3 is 2.52 bits per heavy atom. The SMILES string of the molecule is Cc1ccc(C#N)cc1NC(=O)N[C@@H](CC(=O)O)C(=O)O. The summed E-state index contributed by atoms with van der Waals surface area (Å²) in [5.74, 6) is -2.79. The number of hydrogen-bond donors (Lipinski definition) is 4. The lowest BCUT2D eigenvalue weighted by atomic mass is 10.1. The zero-order valence-corrected chi connectivity index (χ0v) is 11.1. The Morgan fingerprint density at radius 2 is 2.00 bits per heavy atom. The zero-order valence-electron chi connectivity index (χ0n) is 11.1. The number of aliphatic carboxylic acids is 2. The quantitative estimate of drug-likeness (QED) is 0.636. The van der Waals surface area contributed by atoms with Gasteiger partial charge in [0.15, 0.2) is 0 Å². The molecule has 1 aromatic rings. The first kappa shape index (κ1) is 16.0. The molecule has 0 radical (unpaired) electrons. The van der Waals surface area contributed by atoms with E-state index in [4.69, 9.17) is 15.5 Å². The van der Waals surface area contributed by atoms with E-state index in [9.17, 15) is 14.4 Å². The second-order valence-corrected chi connectivity index (χ2v) is 4.23. The van der Waals surface area contributed by atoms with Crippen molar-refractivity contribution in [1.29, 1.82) is 5.26 Å². The number of hydrogen-bond acceptors (Lipinski definition) is 4. The first-order chi connectivity index (χ1) is 9.83. The van der Waals surface area contributed by atoms with E-state index in [0.29, 0.717) is 16.8 Å². The number of rotatable bonds is 5. The third kappa shape index (κ3) is 4.83. The van der Waals surface area contributed by atoms with E-state index in [1.807, 2.05) is 11.4 Å². The van der Waals surface area contributed by atoms with Gasteiger partial charge in [-0.2, -0.15) is 5.26 Å². The van der Waals surface area contributed by atoms with Gasteiger partial charge in [-0.05, 0) is 24.6 Å². The van der Waals surface area contributed by atoms with Gasteiger partial charge < -0.3 is 20.8 Å². The summed E-state index contributed by atoms with van der Waals surface area (Å²) in [6.45, 7) is 1.70. The summed E-state index contributed by atoms with van der Waals surface area (Å²) < 4.78 is 0. The molecule has 21 heavy (non-hydrogen) atoms. The van der Waals surface area contributed by atoms with Crippen LogP contribution in [0.15, 0.2) is 18.2 Å². The fourth-order valence-corrected chi connectivity index (χ4v) is 1.52. The summed E-state index contributed by atoms with van der Waals surface area (Å²) in [7, 11) is 0. The number of carboxylic acids is 2. The van der Waals surface area contributed by atoms with Crippen molar-refractivity contribution in [3.63, 3.8) is 0 Å². The highest BCUT2D eigenvalue weighted by Gasteiger charge is 2.23. The highest BCUT2D eigenvalue weighted by Crippen LogP contribution is 2.16. The fourth-order valence-electron chi connectivity index (χ4n) is 1.52. The Kier molecular flexibility index (Phi) is 5.25. The highest BCUT2D eigenvalue weighted by atomic mass is 16.4. The third-order valence-corrected chi connectivity index (χ3v) is 2.60. The molecule has 0 aromatic heterocycles. The number of carbonyl (C=O) groups is 3. The monoisotopic (exact) mass is 291 g/mol. The highest BCUT2D eigenvalue weighted by molar-refractivity contribution is 5.94. The molecule has 0 aliphatic rings. The molecule has 0 aliphatic carbocycles. The van der Waals surface area contributed by atoms with Crippen molar-refractivity contribution in [2.45, 2.75) is 19.4 Å². The molecule has 0 aliphatic heterocycles. The van der Waals surface area contributed by atoms with Crippen molar-refractivity contribution in [3.05, 3.63) is 29.3 Å². The number of anilines is 1. The second-order valence-electron chi connectivity index (χ2n) is 4.23. The van der Waals surface area contributed by atoms with Gasteiger partial charge in [0, 0.05) is 5.69 Å². The number of carbonyl (C=O) groups excluding carboxylic acids is 1. The Balaban J connectivity index is 2.79. The maximum Gasteiger partial charge on any atom is 0.326 e. The normalized spacial score (nSPS) is 11.0. The standard InChI is InChI=1S/C13H13N3O5/c1-7-2-3-8(6-14)4-9(7)15-13(21)16-10(12(19)20)5-11(17)18/h2-4,10H,5H2,1H3,(H,17,18)(H,19,20)(H2,15,16,21)/t10-/m0/s1. The third-order valence-electron chi connectivity index (χ3n) is 2.60. The average Bonchev–Trinajstić information content (AvgIpc) is 2.39. The summed E-state index contributed by atoms with van der Waals surface area (Å²) in [5, 5.41) is 30.6. The van der Waals surface area contributed by atoms with Crippen LogP contribution in [0.4, 0.5) is 10.5 Å². The van der Waals surface area contributed by atoms with Gasteiger partial charge in [-0.25, -0.2) is 9.59 Å². The van der Waals surface area contributed by atoms with Crippen molar-refractivity contribution < 1.29 is 24.6 Å². The van der Waals surface area contributed by atoms with Crippen LogP contribution >= 0.6 is 0 Å². The molecular weight excluding hydrogens is 278 g/mol. The molecule has 1 aromatic carbocycles.